The van der Waals surface area contributed by atoms with E-state index in [1.54, 1.807) is 0 Å². The second kappa shape index (κ2) is 8.48. The summed E-state index contributed by atoms with van der Waals surface area (Å²) >= 11 is 0. The van der Waals surface area contributed by atoms with Crippen LogP contribution in [-0.4, -0.2) is 6.03 Å². The molecule has 0 atom stereocenters. The van der Waals surface area contributed by atoms with Crippen LogP contribution in [0.4, 0.5) is 27.5 Å². The van der Waals surface area contributed by atoms with Crippen LogP contribution < -0.4 is 10.6 Å². The number of hydrogen-bond acceptors (Lipinski definition) is 3. The maximum atomic E-state index is 12.5. The molecule has 0 unspecified atom stereocenters. The monoisotopic (exact) mass is 372 g/mol. The van der Waals surface area contributed by atoms with Crippen LogP contribution in [0.1, 0.15) is 22.3 Å². The number of nitrogens with one attached hydrogen (secondary N) is 2. The minimum Gasteiger partial charge on any atom is -0.307 e. The number of carbonyl (C=O) groups excluding carboxylic acids is 1. The Morgan fingerprint density at radius 3 is 1.96 bits per heavy atom. The molecule has 5 nitrogen and oxygen atoms in total. The van der Waals surface area contributed by atoms with E-state index in [1.807, 2.05) is 88.4 Å². The van der Waals surface area contributed by atoms with Gasteiger partial charge < -0.3 is 10.6 Å². The first-order valence-electron chi connectivity index (χ1n) is 9.15. The average Bonchev–Trinajstić information content (AvgIpc) is 2.65. The van der Waals surface area contributed by atoms with Crippen molar-refractivity contribution in [2.24, 2.45) is 10.2 Å². The second-order valence-electron chi connectivity index (χ2n) is 6.95. The third-order valence-corrected chi connectivity index (χ3v) is 4.35. The van der Waals surface area contributed by atoms with Crippen LogP contribution in [0.25, 0.3) is 0 Å². The Hall–Kier alpha value is -3.47. The van der Waals surface area contributed by atoms with Gasteiger partial charge in [-0.15, -0.1) is 5.11 Å². The van der Waals surface area contributed by atoms with Gasteiger partial charge >= 0.3 is 6.03 Å². The van der Waals surface area contributed by atoms with Gasteiger partial charge in [0.15, 0.2) is 0 Å². The number of aryl methyl sites for hydroxylation is 4. The molecule has 28 heavy (non-hydrogen) atoms. The summed E-state index contributed by atoms with van der Waals surface area (Å²) in [5, 5.41) is 14.4. The molecule has 0 spiro atoms. The lowest BCUT2D eigenvalue weighted by molar-refractivity contribution is 0.262. The number of anilines is 2. The molecule has 2 N–H and O–H groups in total. The molecule has 0 aliphatic carbocycles. The zero-order valence-electron chi connectivity index (χ0n) is 16.6. The van der Waals surface area contributed by atoms with E-state index in [9.17, 15) is 4.79 Å². The summed E-state index contributed by atoms with van der Waals surface area (Å²) in [6.07, 6.45) is 0. The fraction of sp³-hybridized carbons (Fsp3) is 0.174. The van der Waals surface area contributed by atoms with Gasteiger partial charge in [-0.2, -0.15) is 5.11 Å². The number of amides is 2. The number of benzene rings is 3. The van der Waals surface area contributed by atoms with E-state index in [-0.39, 0.29) is 6.03 Å². The molecule has 0 saturated heterocycles. The minimum absolute atomic E-state index is 0.314. The van der Waals surface area contributed by atoms with E-state index >= 15 is 0 Å². The quantitative estimate of drug-likeness (QED) is 0.477. The third-order valence-electron chi connectivity index (χ3n) is 4.35. The molecule has 0 bridgehead atoms. The number of hydrogen-bond donors (Lipinski definition) is 2. The van der Waals surface area contributed by atoms with Crippen molar-refractivity contribution in [2.45, 2.75) is 27.7 Å². The molecule has 0 heterocycles. The summed E-state index contributed by atoms with van der Waals surface area (Å²) in [5.74, 6) is 0. The Bertz CT molecular complexity index is 1020. The highest BCUT2D eigenvalue weighted by Crippen LogP contribution is 2.28. The first kappa shape index (κ1) is 19.3. The van der Waals surface area contributed by atoms with Gasteiger partial charge in [-0.05, 0) is 74.7 Å². The predicted octanol–water partition coefficient (Wildman–Crippen LogP) is 6.98. The molecule has 0 fully saturated rings. The first-order valence-corrected chi connectivity index (χ1v) is 9.15. The highest BCUT2D eigenvalue weighted by Gasteiger charge is 2.09. The lowest BCUT2D eigenvalue weighted by atomic mass is 10.1. The molecule has 0 saturated carbocycles. The van der Waals surface area contributed by atoms with E-state index in [4.69, 9.17) is 0 Å². The van der Waals surface area contributed by atoms with Gasteiger partial charge in [-0.25, -0.2) is 4.79 Å². The van der Waals surface area contributed by atoms with Gasteiger partial charge in [-0.3, -0.25) is 0 Å². The van der Waals surface area contributed by atoms with Crippen LogP contribution in [0.3, 0.4) is 0 Å². The van der Waals surface area contributed by atoms with Gasteiger partial charge in [0.2, 0.25) is 0 Å². The van der Waals surface area contributed by atoms with Crippen molar-refractivity contribution in [3.63, 3.8) is 0 Å². The topological polar surface area (TPSA) is 65.8 Å². The molecule has 0 radical (unpaired) electrons. The maximum absolute atomic E-state index is 12.5. The van der Waals surface area contributed by atoms with Gasteiger partial charge in [0.25, 0.3) is 0 Å². The summed E-state index contributed by atoms with van der Waals surface area (Å²) < 4.78 is 0. The third kappa shape index (κ3) is 5.04. The van der Waals surface area contributed by atoms with Crippen LogP contribution in [0.15, 0.2) is 70.9 Å². The molecule has 5 heteroatoms. The molecule has 142 valence electrons. The zero-order valence-corrected chi connectivity index (χ0v) is 16.6. The SMILES string of the molecule is Cc1ccc(N=Nc2ccc(C)cc2NC(=O)Nc2cc(C)ccc2C)cc1. The van der Waals surface area contributed by atoms with Gasteiger partial charge in [0, 0.05) is 5.69 Å². The van der Waals surface area contributed by atoms with Crippen molar-refractivity contribution in [1.29, 1.82) is 0 Å². The molecule has 2 amide bonds. The lowest BCUT2D eigenvalue weighted by Crippen LogP contribution is -2.20. The van der Waals surface area contributed by atoms with Gasteiger partial charge in [0.05, 0.1) is 11.4 Å². The highest BCUT2D eigenvalue weighted by atomic mass is 16.2. The van der Waals surface area contributed by atoms with Crippen molar-refractivity contribution in [3.8, 4) is 0 Å². The van der Waals surface area contributed by atoms with Crippen molar-refractivity contribution in [1.82, 2.24) is 0 Å². The van der Waals surface area contributed by atoms with Gasteiger partial charge in [-0.1, -0.05) is 35.9 Å². The summed E-state index contributed by atoms with van der Waals surface area (Å²) in [6.45, 7) is 7.95. The molecular weight excluding hydrogens is 348 g/mol. The lowest BCUT2D eigenvalue weighted by Gasteiger charge is -2.12. The van der Waals surface area contributed by atoms with Gasteiger partial charge in [0.1, 0.15) is 5.69 Å². The summed E-state index contributed by atoms with van der Waals surface area (Å²) in [6, 6.07) is 19.1. The smallest absolute Gasteiger partial charge is 0.307 e. The summed E-state index contributed by atoms with van der Waals surface area (Å²) in [5.41, 5.74) is 7.04. The number of rotatable bonds is 4. The van der Waals surface area contributed by atoms with E-state index in [1.165, 1.54) is 5.56 Å². The predicted molar refractivity (Wildman–Crippen MR) is 115 cm³/mol. The Morgan fingerprint density at radius 2 is 1.25 bits per heavy atom. The zero-order chi connectivity index (χ0) is 20.1. The molecule has 0 aliphatic heterocycles. The van der Waals surface area contributed by atoms with Crippen molar-refractivity contribution in [2.75, 3.05) is 10.6 Å². The van der Waals surface area contributed by atoms with E-state index in [0.29, 0.717) is 11.4 Å². The fourth-order valence-electron chi connectivity index (χ4n) is 2.71. The Labute approximate surface area is 165 Å². The maximum Gasteiger partial charge on any atom is 0.323 e. The minimum atomic E-state index is -0.314. The summed E-state index contributed by atoms with van der Waals surface area (Å²) in [7, 11) is 0. The summed E-state index contributed by atoms with van der Waals surface area (Å²) in [4.78, 5) is 12.5. The number of nitrogens with zero attached hydrogens (tertiary/aromatic N) is 2. The Balaban J connectivity index is 1.79. The van der Waals surface area contributed by atoms with Crippen LogP contribution in [-0.2, 0) is 0 Å². The largest absolute Gasteiger partial charge is 0.323 e. The average molecular weight is 372 g/mol. The van der Waals surface area contributed by atoms with Crippen LogP contribution in [0.2, 0.25) is 0 Å². The fourth-order valence-corrected chi connectivity index (χ4v) is 2.71. The molecule has 0 aromatic heterocycles. The molecule has 3 aromatic carbocycles. The van der Waals surface area contributed by atoms with Crippen molar-refractivity contribution in [3.05, 3.63) is 82.9 Å². The standard InChI is InChI=1S/C23H24N4O/c1-15-6-10-19(11-7-15)26-27-20-12-8-17(3)14-22(20)25-23(28)24-21-13-16(2)5-9-18(21)4/h5-14H,1-4H3,(H2,24,25,28). The van der Waals surface area contributed by atoms with E-state index in [0.717, 1.165) is 28.1 Å². The van der Waals surface area contributed by atoms with Crippen LogP contribution >= 0.6 is 0 Å². The van der Waals surface area contributed by atoms with E-state index < -0.39 is 0 Å². The molecule has 3 rings (SSSR count). The van der Waals surface area contributed by atoms with Crippen molar-refractivity contribution >= 4 is 28.8 Å². The normalized spacial score (nSPS) is 10.9. The number of carbonyl (C=O) groups is 1. The van der Waals surface area contributed by atoms with Crippen molar-refractivity contribution < 1.29 is 4.79 Å². The molecular formula is C23H24N4O. The highest BCUT2D eigenvalue weighted by molar-refractivity contribution is 6.02. The molecule has 3 aromatic rings. The molecule has 0 aliphatic rings. The van der Waals surface area contributed by atoms with E-state index in [2.05, 4.69) is 20.9 Å². The Morgan fingerprint density at radius 1 is 0.679 bits per heavy atom. The van der Waals surface area contributed by atoms with Crippen LogP contribution in [0, 0.1) is 27.7 Å². The Kier molecular flexibility index (Phi) is 5.84. The number of azo groups is 1. The first-order chi connectivity index (χ1) is 13.4. The number of urea groups is 1. The van der Waals surface area contributed by atoms with Crippen LogP contribution in [0.5, 0.6) is 0 Å². The second-order valence-corrected chi connectivity index (χ2v) is 6.95.